The van der Waals surface area contributed by atoms with Crippen molar-refractivity contribution in [2.45, 2.75) is 57.4 Å². The van der Waals surface area contributed by atoms with Gasteiger partial charge in [-0.1, -0.05) is 24.3 Å². The predicted octanol–water partition coefficient (Wildman–Crippen LogP) is 3.63. The van der Waals surface area contributed by atoms with E-state index in [1.807, 2.05) is 16.9 Å². The lowest BCUT2D eigenvalue weighted by Crippen LogP contribution is -2.44. The lowest BCUT2D eigenvalue weighted by Gasteiger charge is -2.34. The number of nitrogens with zero attached hydrogens (tertiary/aromatic N) is 4. The van der Waals surface area contributed by atoms with Gasteiger partial charge in [-0.3, -0.25) is 4.79 Å². The number of hydrogen-bond acceptors (Lipinski definition) is 4. The number of hydrogen-bond donors (Lipinski definition) is 1. The third-order valence-corrected chi connectivity index (χ3v) is 7.34. The maximum Gasteiger partial charge on any atom is 0.225 e. The minimum atomic E-state index is 0.00214. The number of aryl methyl sites for hydroxylation is 3. The molecule has 3 aromatic rings. The van der Waals surface area contributed by atoms with Crippen molar-refractivity contribution in [1.29, 1.82) is 0 Å². The van der Waals surface area contributed by atoms with Crippen molar-refractivity contribution >= 4 is 17.2 Å². The monoisotopic (exact) mass is 415 g/mol. The van der Waals surface area contributed by atoms with Crippen LogP contribution in [0.15, 0.2) is 36.7 Å². The van der Waals surface area contributed by atoms with Crippen LogP contribution in [-0.2, 0) is 24.1 Å². The van der Waals surface area contributed by atoms with Gasteiger partial charge in [-0.15, -0.1) is 0 Å². The van der Waals surface area contributed by atoms with Crippen molar-refractivity contribution in [2.75, 3.05) is 18.0 Å². The van der Waals surface area contributed by atoms with Crippen LogP contribution >= 0.6 is 0 Å². The minimum Gasteiger partial charge on any atom is -0.354 e. The van der Waals surface area contributed by atoms with Gasteiger partial charge >= 0.3 is 0 Å². The molecule has 1 N–H and O–H groups in total. The van der Waals surface area contributed by atoms with Crippen LogP contribution in [0.4, 0.5) is 5.82 Å². The Morgan fingerprint density at radius 2 is 1.97 bits per heavy atom. The molecule has 2 aromatic heterocycles. The lowest BCUT2D eigenvalue weighted by atomic mass is 9.95. The number of nitrogens with one attached hydrogen (secondary N) is 1. The number of piperidine rings is 1. The van der Waals surface area contributed by atoms with Gasteiger partial charge in [-0.05, 0) is 62.5 Å². The Kier molecular flexibility index (Phi) is 4.66. The van der Waals surface area contributed by atoms with Crippen LogP contribution in [0.5, 0.6) is 0 Å². The molecule has 1 saturated heterocycles. The highest BCUT2D eigenvalue weighted by Gasteiger charge is 2.32. The van der Waals surface area contributed by atoms with Gasteiger partial charge in [0.25, 0.3) is 0 Å². The lowest BCUT2D eigenvalue weighted by molar-refractivity contribution is -0.126. The van der Waals surface area contributed by atoms with Crippen molar-refractivity contribution in [2.24, 2.45) is 5.92 Å². The molecule has 0 spiro atoms. The zero-order valence-electron chi connectivity index (χ0n) is 17.9. The number of carbonyl (C=O) groups is 1. The first-order chi connectivity index (χ1) is 15.3. The maximum absolute atomic E-state index is 13.2. The molecule has 0 saturated carbocycles. The van der Waals surface area contributed by atoms with E-state index in [-0.39, 0.29) is 17.9 Å². The Balaban J connectivity index is 1.23. The Bertz CT molecular complexity index is 1140. The van der Waals surface area contributed by atoms with Gasteiger partial charge in [-0.25, -0.2) is 9.50 Å². The van der Waals surface area contributed by atoms with E-state index < -0.39 is 0 Å². The summed E-state index contributed by atoms with van der Waals surface area (Å²) in [5.41, 5.74) is 6.42. The van der Waals surface area contributed by atoms with E-state index >= 15 is 0 Å². The average Bonchev–Trinajstić information content (AvgIpc) is 3.40. The van der Waals surface area contributed by atoms with E-state index in [0.29, 0.717) is 0 Å². The van der Waals surface area contributed by atoms with Crippen molar-refractivity contribution in [1.82, 2.24) is 19.9 Å². The number of aromatic nitrogens is 3. The van der Waals surface area contributed by atoms with Crippen molar-refractivity contribution in [3.05, 3.63) is 59.0 Å². The van der Waals surface area contributed by atoms with E-state index in [9.17, 15) is 4.79 Å². The molecule has 1 aliphatic heterocycles. The summed E-state index contributed by atoms with van der Waals surface area (Å²) in [6.07, 6.45) is 12.4. The largest absolute Gasteiger partial charge is 0.354 e. The third-order valence-electron chi connectivity index (χ3n) is 7.34. The highest BCUT2D eigenvalue weighted by atomic mass is 16.2. The predicted molar refractivity (Wildman–Crippen MR) is 120 cm³/mol. The molecule has 0 unspecified atom stereocenters. The van der Waals surface area contributed by atoms with E-state index in [0.717, 1.165) is 62.9 Å². The van der Waals surface area contributed by atoms with Crippen LogP contribution < -0.4 is 10.2 Å². The fourth-order valence-electron chi connectivity index (χ4n) is 5.76. The summed E-state index contributed by atoms with van der Waals surface area (Å²) >= 11 is 0. The first kappa shape index (κ1) is 18.8. The van der Waals surface area contributed by atoms with Gasteiger partial charge in [0.1, 0.15) is 5.52 Å². The molecular formula is C25H29N5O. The molecule has 31 heavy (non-hydrogen) atoms. The Labute approximate surface area is 182 Å². The van der Waals surface area contributed by atoms with Crippen molar-refractivity contribution in [3.63, 3.8) is 0 Å². The number of benzene rings is 1. The SMILES string of the molecule is O=C(N[C@H]1CCc2ccccc21)[C@H]1CCCN(c2nccn3nc4c(c23)CCCC4)C1. The number of amides is 1. The fourth-order valence-corrected chi connectivity index (χ4v) is 5.76. The molecule has 3 aliphatic rings. The molecule has 160 valence electrons. The minimum absolute atomic E-state index is 0.00214. The number of rotatable bonds is 3. The van der Waals surface area contributed by atoms with Crippen LogP contribution in [-0.4, -0.2) is 33.6 Å². The Morgan fingerprint density at radius 1 is 1.06 bits per heavy atom. The summed E-state index contributed by atoms with van der Waals surface area (Å²) in [4.78, 5) is 20.3. The maximum atomic E-state index is 13.2. The summed E-state index contributed by atoms with van der Waals surface area (Å²) in [5, 5.41) is 8.18. The van der Waals surface area contributed by atoms with Gasteiger partial charge in [-0.2, -0.15) is 5.10 Å². The normalized spacial score (nSPS) is 22.9. The smallest absolute Gasteiger partial charge is 0.225 e. The van der Waals surface area contributed by atoms with Gasteiger partial charge in [0.15, 0.2) is 5.82 Å². The van der Waals surface area contributed by atoms with Gasteiger partial charge < -0.3 is 10.2 Å². The molecule has 2 atom stereocenters. The molecule has 6 heteroatoms. The first-order valence-corrected chi connectivity index (χ1v) is 11.8. The number of fused-ring (bicyclic) bond motifs is 4. The van der Waals surface area contributed by atoms with Crippen LogP contribution in [0.25, 0.3) is 5.52 Å². The Hall–Kier alpha value is -2.89. The van der Waals surface area contributed by atoms with Crippen LogP contribution in [0.2, 0.25) is 0 Å². The van der Waals surface area contributed by atoms with Crippen LogP contribution in [0, 0.1) is 5.92 Å². The summed E-state index contributed by atoms with van der Waals surface area (Å²) in [5.74, 6) is 1.19. The molecule has 1 aromatic carbocycles. The molecule has 0 bridgehead atoms. The third kappa shape index (κ3) is 3.29. The first-order valence-electron chi connectivity index (χ1n) is 11.8. The van der Waals surface area contributed by atoms with E-state index in [1.54, 1.807) is 0 Å². The molecule has 6 nitrogen and oxygen atoms in total. The van der Waals surface area contributed by atoms with Crippen LogP contribution in [0.1, 0.15) is 60.5 Å². The van der Waals surface area contributed by atoms with E-state index in [4.69, 9.17) is 10.1 Å². The van der Waals surface area contributed by atoms with Gasteiger partial charge in [0.2, 0.25) is 5.91 Å². The van der Waals surface area contributed by atoms with E-state index in [1.165, 1.54) is 35.2 Å². The molecular weight excluding hydrogens is 386 g/mol. The zero-order chi connectivity index (χ0) is 20.8. The zero-order valence-corrected chi connectivity index (χ0v) is 17.9. The standard InChI is InChI=1S/C25H29N5O/c31-25(27-21-12-11-17-6-1-2-8-19(17)21)18-7-5-14-29(16-18)24-23-20-9-3-4-10-22(20)28-30(23)15-13-26-24/h1-2,6,8,13,15,18,21H,3-5,7,9-12,14,16H2,(H,27,31)/t18-,21-/m0/s1. The topological polar surface area (TPSA) is 62.5 Å². The fraction of sp³-hybridized carbons (Fsp3) is 0.480. The summed E-state index contributed by atoms with van der Waals surface area (Å²) < 4.78 is 2.01. The molecule has 2 aliphatic carbocycles. The molecule has 1 fully saturated rings. The second-order valence-corrected chi connectivity index (χ2v) is 9.26. The quantitative estimate of drug-likeness (QED) is 0.710. The van der Waals surface area contributed by atoms with Gasteiger partial charge in [0.05, 0.1) is 17.7 Å². The van der Waals surface area contributed by atoms with Crippen molar-refractivity contribution < 1.29 is 4.79 Å². The highest BCUT2D eigenvalue weighted by Crippen LogP contribution is 2.34. The second kappa shape index (κ2) is 7.66. The Morgan fingerprint density at radius 3 is 2.94 bits per heavy atom. The molecule has 1 amide bonds. The number of carbonyl (C=O) groups excluding carboxylic acids is 1. The molecule has 6 rings (SSSR count). The number of anilines is 1. The highest BCUT2D eigenvalue weighted by molar-refractivity contribution is 5.81. The van der Waals surface area contributed by atoms with Crippen molar-refractivity contribution in [3.8, 4) is 0 Å². The van der Waals surface area contributed by atoms with Gasteiger partial charge in [0, 0.05) is 31.0 Å². The second-order valence-electron chi connectivity index (χ2n) is 9.26. The van der Waals surface area contributed by atoms with Crippen LogP contribution in [0.3, 0.4) is 0 Å². The summed E-state index contributed by atoms with van der Waals surface area (Å²) in [7, 11) is 0. The average molecular weight is 416 g/mol. The summed E-state index contributed by atoms with van der Waals surface area (Å²) in [6.45, 7) is 1.68. The molecule has 0 radical (unpaired) electrons. The summed E-state index contributed by atoms with van der Waals surface area (Å²) in [6, 6.07) is 8.66. The van der Waals surface area contributed by atoms with E-state index in [2.05, 4.69) is 34.5 Å². The molecule has 3 heterocycles.